The minimum absolute atomic E-state index is 0.373. The molecule has 1 aliphatic carbocycles. The third-order valence-corrected chi connectivity index (χ3v) is 3.41. The number of hydrogen-bond acceptors (Lipinski definition) is 1. The minimum atomic E-state index is 0.373. The lowest BCUT2D eigenvalue weighted by atomic mass is 9.83. The van der Waals surface area contributed by atoms with Crippen molar-refractivity contribution in [3.8, 4) is 0 Å². The zero-order chi connectivity index (χ0) is 11.4. The predicted octanol–water partition coefficient (Wildman–Crippen LogP) is 4.14. The summed E-state index contributed by atoms with van der Waals surface area (Å²) in [5, 5.41) is 0. The van der Waals surface area contributed by atoms with Crippen LogP contribution in [0.1, 0.15) is 51.0 Å². The topological polar surface area (TPSA) is 9.23 Å². The molecule has 1 aromatic carbocycles. The molecule has 0 bridgehead atoms. The van der Waals surface area contributed by atoms with Crippen molar-refractivity contribution in [3.63, 3.8) is 0 Å². The van der Waals surface area contributed by atoms with Crippen molar-refractivity contribution in [2.75, 3.05) is 0 Å². The van der Waals surface area contributed by atoms with Crippen molar-refractivity contribution in [2.24, 2.45) is 0 Å². The largest absolute Gasteiger partial charge is 0.376 e. The molecule has 1 saturated carbocycles. The molecule has 0 heterocycles. The Morgan fingerprint density at radius 3 is 2.19 bits per heavy atom. The van der Waals surface area contributed by atoms with Gasteiger partial charge >= 0.3 is 0 Å². The van der Waals surface area contributed by atoms with Crippen LogP contribution in [0.2, 0.25) is 0 Å². The minimum Gasteiger partial charge on any atom is -0.376 e. The first-order chi connectivity index (χ1) is 7.75. The fourth-order valence-electron chi connectivity index (χ4n) is 2.64. The Balaban J connectivity index is 1.86. The van der Waals surface area contributed by atoms with Crippen molar-refractivity contribution in [1.82, 2.24) is 0 Å². The van der Waals surface area contributed by atoms with Gasteiger partial charge in [0.25, 0.3) is 0 Å². The second kappa shape index (κ2) is 5.49. The van der Waals surface area contributed by atoms with Crippen molar-refractivity contribution >= 4 is 0 Å². The lowest BCUT2D eigenvalue weighted by Crippen LogP contribution is -2.23. The van der Waals surface area contributed by atoms with Crippen LogP contribution >= 0.6 is 0 Å². The second-order valence-corrected chi connectivity index (χ2v) is 5.07. The quantitative estimate of drug-likeness (QED) is 0.741. The third kappa shape index (κ3) is 3.08. The van der Waals surface area contributed by atoms with Gasteiger partial charge in [-0.1, -0.05) is 30.3 Å². The fourth-order valence-corrected chi connectivity index (χ4v) is 2.64. The summed E-state index contributed by atoms with van der Waals surface area (Å²) in [6.07, 6.45) is 5.87. The van der Waals surface area contributed by atoms with Gasteiger partial charge in [-0.3, -0.25) is 0 Å². The Labute approximate surface area is 98.8 Å². The summed E-state index contributed by atoms with van der Waals surface area (Å²) in [6.45, 7) is 4.26. The van der Waals surface area contributed by atoms with E-state index >= 15 is 0 Å². The summed E-state index contributed by atoms with van der Waals surface area (Å²) < 4.78 is 5.88. The molecule has 0 spiro atoms. The number of rotatable bonds is 3. The van der Waals surface area contributed by atoms with Gasteiger partial charge in [-0.25, -0.2) is 0 Å². The maximum absolute atomic E-state index is 5.88. The van der Waals surface area contributed by atoms with Crippen LogP contribution in [0.5, 0.6) is 0 Å². The first-order valence-electron chi connectivity index (χ1n) is 6.46. The summed E-state index contributed by atoms with van der Waals surface area (Å²) in [5.74, 6) is 0.758. The third-order valence-electron chi connectivity index (χ3n) is 3.41. The van der Waals surface area contributed by atoms with Gasteiger partial charge in [-0.15, -0.1) is 0 Å². The normalized spacial score (nSPS) is 25.9. The maximum Gasteiger partial charge on any atom is 0.0579 e. The van der Waals surface area contributed by atoms with Crippen LogP contribution < -0.4 is 0 Å². The van der Waals surface area contributed by atoms with Crippen LogP contribution in [-0.4, -0.2) is 12.2 Å². The van der Waals surface area contributed by atoms with Crippen molar-refractivity contribution in [3.05, 3.63) is 35.9 Å². The van der Waals surface area contributed by atoms with Crippen LogP contribution in [0.3, 0.4) is 0 Å². The van der Waals surface area contributed by atoms with E-state index in [0.29, 0.717) is 12.2 Å². The molecule has 0 aromatic heterocycles. The van der Waals surface area contributed by atoms with Gasteiger partial charge in [0.05, 0.1) is 12.2 Å². The molecular weight excluding hydrogens is 196 g/mol. The van der Waals surface area contributed by atoms with E-state index in [2.05, 4.69) is 44.2 Å². The molecule has 1 aliphatic rings. The Kier molecular flexibility index (Phi) is 4.00. The molecule has 0 radical (unpaired) electrons. The molecule has 0 amide bonds. The van der Waals surface area contributed by atoms with E-state index in [1.807, 2.05) is 0 Å². The summed E-state index contributed by atoms with van der Waals surface area (Å²) >= 11 is 0. The number of ether oxygens (including phenoxy) is 1. The van der Waals surface area contributed by atoms with Crippen molar-refractivity contribution in [1.29, 1.82) is 0 Å². The molecule has 0 atom stereocenters. The Morgan fingerprint density at radius 1 is 1.00 bits per heavy atom. The Bertz CT molecular complexity index is 296. The van der Waals surface area contributed by atoms with Crippen LogP contribution in [0.25, 0.3) is 0 Å². The zero-order valence-corrected chi connectivity index (χ0v) is 10.4. The first kappa shape index (κ1) is 11.7. The van der Waals surface area contributed by atoms with Gasteiger partial charge in [0.2, 0.25) is 0 Å². The summed E-state index contributed by atoms with van der Waals surface area (Å²) in [4.78, 5) is 0. The van der Waals surface area contributed by atoms with Crippen LogP contribution in [0, 0.1) is 0 Å². The Hall–Kier alpha value is -0.820. The molecule has 0 N–H and O–H groups in total. The average Bonchev–Trinajstić information content (AvgIpc) is 2.30. The fraction of sp³-hybridized carbons (Fsp3) is 0.600. The number of hydrogen-bond donors (Lipinski definition) is 0. The van der Waals surface area contributed by atoms with E-state index in [4.69, 9.17) is 4.74 Å². The molecule has 0 saturated heterocycles. The Morgan fingerprint density at radius 2 is 1.62 bits per heavy atom. The second-order valence-electron chi connectivity index (χ2n) is 5.07. The van der Waals surface area contributed by atoms with E-state index in [-0.39, 0.29) is 0 Å². The molecule has 1 heteroatoms. The molecule has 1 nitrogen and oxygen atoms in total. The predicted molar refractivity (Wildman–Crippen MR) is 67.7 cm³/mol. The summed E-state index contributed by atoms with van der Waals surface area (Å²) in [6, 6.07) is 10.9. The van der Waals surface area contributed by atoms with E-state index in [0.717, 1.165) is 5.92 Å². The smallest absolute Gasteiger partial charge is 0.0579 e. The maximum atomic E-state index is 5.88. The van der Waals surface area contributed by atoms with Gasteiger partial charge in [0.15, 0.2) is 0 Å². The van der Waals surface area contributed by atoms with E-state index < -0.39 is 0 Å². The van der Waals surface area contributed by atoms with Gasteiger partial charge < -0.3 is 4.74 Å². The summed E-state index contributed by atoms with van der Waals surface area (Å²) in [5.41, 5.74) is 1.51. The average molecular weight is 218 g/mol. The van der Waals surface area contributed by atoms with Crippen LogP contribution in [-0.2, 0) is 4.74 Å². The van der Waals surface area contributed by atoms with E-state index in [1.165, 1.54) is 31.2 Å². The van der Waals surface area contributed by atoms with Gasteiger partial charge in [0.1, 0.15) is 0 Å². The molecule has 0 unspecified atom stereocenters. The molecular formula is C15H22O. The summed E-state index contributed by atoms with van der Waals surface area (Å²) in [7, 11) is 0. The zero-order valence-electron chi connectivity index (χ0n) is 10.4. The monoisotopic (exact) mass is 218 g/mol. The highest BCUT2D eigenvalue weighted by Gasteiger charge is 2.23. The highest BCUT2D eigenvalue weighted by molar-refractivity contribution is 5.19. The molecule has 1 aromatic rings. The molecule has 0 aliphatic heterocycles. The standard InChI is InChI=1S/C15H22O/c1-12(2)16-15-10-8-14(9-11-15)13-6-4-3-5-7-13/h3-7,12,14-15H,8-11H2,1-2H3. The molecule has 1 fully saturated rings. The van der Waals surface area contributed by atoms with Gasteiger partial charge in [-0.05, 0) is 51.0 Å². The highest BCUT2D eigenvalue weighted by atomic mass is 16.5. The van der Waals surface area contributed by atoms with Crippen LogP contribution in [0.4, 0.5) is 0 Å². The van der Waals surface area contributed by atoms with E-state index in [1.54, 1.807) is 0 Å². The van der Waals surface area contributed by atoms with Gasteiger partial charge in [-0.2, -0.15) is 0 Å². The lowest BCUT2D eigenvalue weighted by molar-refractivity contribution is -0.0146. The molecule has 16 heavy (non-hydrogen) atoms. The number of benzene rings is 1. The SMILES string of the molecule is CC(C)OC1CCC(c2ccccc2)CC1. The molecule has 2 rings (SSSR count). The van der Waals surface area contributed by atoms with Crippen molar-refractivity contribution in [2.45, 2.75) is 57.7 Å². The molecule has 88 valence electrons. The van der Waals surface area contributed by atoms with Gasteiger partial charge in [0, 0.05) is 0 Å². The van der Waals surface area contributed by atoms with E-state index in [9.17, 15) is 0 Å². The first-order valence-corrected chi connectivity index (χ1v) is 6.46. The lowest BCUT2D eigenvalue weighted by Gasteiger charge is -2.30. The van der Waals surface area contributed by atoms with Crippen molar-refractivity contribution < 1.29 is 4.74 Å². The highest BCUT2D eigenvalue weighted by Crippen LogP contribution is 2.34. The van der Waals surface area contributed by atoms with Crippen LogP contribution in [0.15, 0.2) is 30.3 Å².